The van der Waals surface area contributed by atoms with Crippen molar-refractivity contribution >= 4 is 5.97 Å². The first-order valence-corrected chi connectivity index (χ1v) is 5.83. The molecule has 4 heteroatoms. The molecule has 2 aromatic rings. The van der Waals surface area contributed by atoms with Crippen LogP contribution >= 0.6 is 0 Å². The number of hydrogen-bond acceptors (Lipinski definition) is 2. The van der Waals surface area contributed by atoms with Crippen molar-refractivity contribution in [3.05, 3.63) is 70.3 Å². The second kappa shape index (κ2) is 4.16. The average molecular weight is 260 g/mol. The fourth-order valence-corrected chi connectivity index (χ4v) is 2.29. The standard InChI is InChI=1S/C15H10F2O2/c1-8-5-6-9-10(7-8)14(19-15(9)18)13-11(16)3-2-4-12(13)17/h2-7,14H,1H3. The van der Waals surface area contributed by atoms with Crippen LogP contribution in [0.4, 0.5) is 8.78 Å². The fraction of sp³-hybridized carbons (Fsp3) is 0.133. The molecule has 0 radical (unpaired) electrons. The summed E-state index contributed by atoms with van der Waals surface area (Å²) in [6.45, 7) is 1.85. The maximum atomic E-state index is 13.8. The maximum Gasteiger partial charge on any atom is 0.339 e. The Hall–Kier alpha value is -2.23. The van der Waals surface area contributed by atoms with Gasteiger partial charge in [-0.15, -0.1) is 0 Å². The Labute approximate surface area is 108 Å². The Morgan fingerprint density at radius 1 is 1.11 bits per heavy atom. The number of ether oxygens (including phenoxy) is 1. The summed E-state index contributed by atoms with van der Waals surface area (Å²) in [5.74, 6) is -1.98. The molecule has 2 aromatic carbocycles. The molecular formula is C15H10F2O2. The van der Waals surface area contributed by atoms with E-state index >= 15 is 0 Å². The van der Waals surface area contributed by atoms with Crippen molar-refractivity contribution in [3.8, 4) is 0 Å². The van der Waals surface area contributed by atoms with Crippen molar-refractivity contribution in [3.63, 3.8) is 0 Å². The molecule has 0 bridgehead atoms. The van der Waals surface area contributed by atoms with E-state index in [0.29, 0.717) is 11.1 Å². The number of benzene rings is 2. The summed E-state index contributed by atoms with van der Waals surface area (Å²) in [6, 6.07) is 8.69. The molecule has 0 N–H and O–H groups in total. The highest BCUT2D eigenvalue weighted by atomic mass is 19.1. The van der Waals surface area contributed by atoms with Crippen LogP contribution in [0.25, 0.3) is 0 Å². The van der Waals surface area contributed by atoms with E-state index in [0.717, 1.165) is 17.7 Å². The third kappa shape index (κ3) is 1.80. The normalized spacial score (nSPS) is 17.2. The molecule has 96 valence electrons. The topological polar surface area (TPSA) is 26.3 Å². The first-order chi connectivity index (χ1) is 9.08. The number of aryl methyl sites for hydroxylation is 1. The van der Waals surface area contributed by atoms with Gasteiger partial charge in [-0.25, -0.2) is 13.6 Å². The number of rotatable bonds is 1. The molecule has 0 fully saturated rings. The van der Waals surface area contributed by atoms with E-state index in [1.165, 1.54) is 6.07 Å². The molecule has 0 spiro atoms. The lowest BCUT2D eigenvalue weighted by atomic mass is 9.97. The van der Waals surface area contributed by atoms with E-state index in [9.17, 15) is 13.6 Å². The molecule has 0 amide bonds. The lowest BCUT2D eigenvalue weighted by Crippen LogP contribution is -2.06. The van der Waals surface area contributed by atoms with Crippen molar-refractivity contribution in [2.45, 2.75) is 13.0 Å². The number of carbonyl (C=O) groups excluding carboxylic acids is 1. The molecule has 3 rings (SSSR count). The Morgan fingerprint density at radius 3 is 2.47 bits per heavy atom. The van der Waals surface area contributed by atoms with Gasteiger partial charge in [0.15, 0.2) is 6.10 Å². The van der Waals surface area contributed by atoms with Crippen LogP contribution in [0.5, 0.6) is 0 Å². The van der Waals surface area contributed by atoms with Crippen molar-refractivity contribution in [1.29, 1.82) is 0 Å². The van der Waals surface area contributed by atoms with Gasteiger partial charge < -0.3 is 4.74 Å². The van der Waals surface area contributed by atoms with Gasteiger partial charge in [-0.3, -0.25) is 0 Å². The van der Waals surface area contributed by atoms with Gasteiger partial charge in [-0.05, 0) is 25.1 Å². The molecule has 0 saturated heterocycles. The number of carbonyl (C=O) groups is 1. The average Bonchev–Trinajstić information content (AvgIpc) is 2.66. The Bertz CT molecular complexity index is 660. The number of halogens is 2. The van der Waals surface area contributed by atoms with Crippen LogP contribution in [0.15, 0.2) is 36.4 Å². The lowest BCUT2D eigenvalue weighted by Gasteiger charge is -2.13. The van der Waals surface area contributed by atoms with Gasteiger partial charge in [-0.1, -0.05) is 23.8 Å². The summed E-state index contributed by atoms with van der Waals surface area (Å²) < 4.78 is 32.7. The van der Waals surface area contributed by atoms with Gasteiger partial charge in [0.1, 0.15) is 11.6 Å². The minimum atomic E-state index is -1.01. The van der Waals surface area contributed by atoms with Gasteiger partial charge in [0.2, 0.25) is 0 Å². The second-order valence-corrected chi connectivity index (χ2v) is 4.51. The number of hydrogen-bond donors (Lipinski definition) is 0. The van der Waals surface area contributed by atoms with Crippen LogP contribution in [0, 0.1) is 18.6 Å². The summed E-state index contributed by atoms with van der Waals surface area (Å²) in [7, 11) is 0. The number of fused-ring (bicyclic) bond motifs is 1. The van der Waals surface area contributed by atoms with E-state index in [-0.39, 0.29) is 5.56 Å². The van der Waals surface area contributed by atoms with Gasteiger partial charge >= 0.3 is 5.97 Å². The highest BCUT2D eigenvalue weighted by Gasteiger charge is 2.35. The molecular weight excluding hydrogens is 250 g/mol. The van der Waals surface area contributed by atoms with Crippen molar-refractivity contribution in [2.75, 3.05) is 0 Å². The zero-order chi connectivity index (χ0) is 13.6. The van der Waals surface area contributed by atoms with Gasteiger partial charge in [0.05, 0.1) is 11.1 Å². The zero-order valence-electron chi connectivity index (χ0n) is 10.1. The first kappa shape index (κ1) is 11.8. The Morgan fingerprint density at radius 2 is 1.79 bits per heavy atom. The lowest BCUT2D eigenvalue weighted by molar-refractivity contribution is 0.0445. The van der Waals surface area contributed by atoms with Gasteiger partial charge in [0, 0.05) is 5.56 Å². The molecule has 1 atom stereocenters. The molecule has 1 unspecified atom stereocenters. The number of cyclic esters (lactones) is 1. The maximum absolute atomic E-state index is 13.8. The van der Waals surface area contributed by atoms with E-state index in [1.54, 1.807) is 18.2 Å². The first-order valence-electron chi connectivity index (χ1n) is 5.83. The van der Waals surface area contributed by atoms with E-state index in [4.69, 9.17) is 4.74 Å². The zero-order valence-corrected chi connectivity index (χ0v) is 10.1. The Kier molecular flexibility index (Phi) is 2.59. The molecule has 19 heavy (non-hydrogen) atoms. The van der Waals surface area contributed by atoms with E-state index in [2.05, 4.69) is 0 Å². The molecule has 2 nitrogen and oxygen atoms in total. The molecule has 0 saturated carbocycles. The minimum absolute atomic E-state index is 0.222. The quantitative estimate of drug-likeness (QED) is 0.733. The highest BCUT2D eigenvalue weighted by Crippen LogP contribution is 2.38. The minimum Gasteiger partial charge on any atom is -0.449 e. The second-order valence-electron chi connectivity index (χ2n) is 4.51. The summed E-state index contributed by atoms with van der Waals surface area (Å²) >= 11 is 0. The van der Waals surface area contributed by atoms with Crippen LogP contribution in [-0.4, -0.2) is 5.97 Å². The fourth-order valence-electron chi connectivity index (χ4n) is 2.29. The predicted octanol–water partition coefficient (Wildman–Crippen LogP) is 3.53. The monoisotopic (exact) mass is 260 g/mol. The van der Waals surface area contributed by atoms with Crippen LogP contribution in [0.2, 0.25) is 0 Å². The SMILES string of the molecule is Cc1ccc2c(c1)C(c1c(F)cccc1F)OC2=O. The number of esters is 1. The van der Waals surface area contributed by atoms with Gasteiger partial charge in [-0.2, -0.15) is 0 Å². The van der Waals surface area contributed by atoms with E-state index < -0.39 is 23.7 Å². The Balaban J connectivity index is 2.20. The smallest absolute Gasteiger partial charge is 0.339 e. The molecule has 0 aromatic heterocycles. The van der Waals surface area contributed by atoms with Gasteiger partial charge in [0.25, 0.3) is 0 Å². The summed E-state index contributed by atoms with van der Waals surface area (Å²) in [4.78, 5) is 11.7. The van der Waals surface area contributed by atoms with Crippen LogP contribution in [-0.2, 0) is 4.74 Å². The molecule has 1 aliphatic rings. The van der Waals surface area contributed by atoms with E-state index in [1.807, 2.05) is 6.92 Å². The van der Waals surface area contributed by atoms with Crippen molar-refractivity contribution in [2.24, 2.45) is 0 Å². The summed E-state index contributed by atoms with van der Waals surface area (Å²) in [5, 5.41) is 0. The largest absolute Gasteiger partial charge is 0.449 e. The third-order valence-corrected chi connectivity index (χ3v) is 3.20. The highest BCUT2D eigenvalue weighted by molar-refractivity contribution is 5.94. The van der Waals surface area contributed by atoms with Crippen molar-refractivity contribution < 1.29 is 18.3 Å². The van der Waals surface area contributed by atoms with Crippen molar-refractivity contribution in [1.82, 2.24) is 0 Å². The molecule has 0 aliphatic carbocycles. The third-order valence-electron chi connectivity index (χ3n) is 3.20. The predicted molar refractivity (Wildman–Crippen MR) is 64.8 cm³/mol. The van der Waals surface area contributed by atoms with Crippen LogP contribution < -0.4 is 0 Å². The molecule has 1 heterocycles. The summed E-state index contributed by atoms with van der Waals surface area (Å²) in [5.41, 5.74) is 1.55. The molecule has 1 aliphatic heterocycles. The van der Waals surface area contributed by atoms with Crippen LogP contribution in [0.1, 0.15) is 33.2 Å². The van der Waals surface area contributed by atoms with Crippen LogP contribution in [0.3, 0.4) is 0 Å². The summed E-state index contributed by atoms with van der Waals surface area (Å²) in [6.07, 6.45) is -1.01.